The van der Waals surface area contributed by atoms with Crippen LogP contribution >= 0.6 is 0 Å². The summed E-state index contributed by atoms with van der Waals surface area (Å²) >= 11 is 0. The molecule has 0 aromatic heterocycles. The Morgan fingerprint density at radius 1 is 1.15 bits per heavy atom. The predicted octanol–water partition coefficient (Wildman–Crippen LogP) is 4.36. The summed E-state index contributed by atoms with van der Waals surface area (Å²) in [6.45, 7) is 4.87. The Balaban J connectivity index is 1.69. The average molecular weight is 382 g/mol. The van der Waals surface area contributed by atoms with E-state index >= 15 is 0 Å². The van der Waals surface area contributed by atoms with Crippen LogP contribution in [-0.2, 0) is 19.1 Å². The summed E-state index contributed by atoms with van der Waals surface area (Å²) in [6, 6.07) is 0. The summed E-state index contributed by atoms with van der Waals surface area (Å²) in [5.41, 5.74) is 0.0464. The van der Waals surface area contributed by atoms with Crippen molar-refractivity contribution in [1.29, 1.82) is 0 Å². The number of carbonyl (C=O) groups excluding carboxylic acids is 2. The lowest BCUT2D eigenvalue weighted by Crippen LogP contribution is -2.38. The van der Waals surface area contributed by atoms with Crippen LogP contribution < -0.4 is 0 Å². The highest BCUT2D eigenvalue weighted by Gasteiger charge is 2.62. The number of hydrogen-bond acceptors (Lipinski definition) is 4. The molecular weight excluding hydrogens is 356 g/mol. The summed E-state index contributed by atoms with van der Waals surface area (Å²) in [7, 11) is 0. The van der Waals surface area contributed by atoms with Gasteiger partial charge in [-0.15, -0.1) is 0 Å². The van der Waals surface area contributed by atoms with E-state index in [-0.39, 0.29) is 36.2 Å². The molecule has 4 nitrogen and oxygen atoms in total. The Bertz CT molecular complexity index is 549. The van der Waals surface area contributed by atoms with E-state index in [0.717, 1.165) is 19.3 Å². The van der Waals surface area contributed by atoms with Crippen molar-refractivity contribution in [3.63, 3.8) is 0 Å². The fourth-order valence-corrected chi connectivity index (χ4v) is 4.22. The minimum Gasteiger partial charge on any atom is -0.462 e. The number of carbonyl (C=O) groups is 2. The van der Waals surface area contributed by atoms with Crippen LogP contribution in [0.2, 0.25) is 0 Å². The van der Waals surface area contributed by atoms with Crippen LogP contribution in [0.15, 0.2) is 0 Å². The summed E-state index contributed by atoms with van der Waals surface area (Å²) in [5.74, 6) is -5.31. The molecule has 0 N–H and O–H groups in total. The second kappa shape index (κ2) is 7.35. The molecule has 150 valence electrons. The normalized spacial score (nSPS) is 29.8. The molecule has 8 heteroatoms. The van der Waals surface area contributed by atoms with E-state index in [0.29, 0.717) is 5.92 Å². The van der Waals surface area contributed by atoms with E-state index in [2.05, 4.69) is 25.5 Å². The number of fused-ring (bicyclic) bond motifs is 2. The Kier molecular flexibility index (Phi) is 5.93. The third-order valence-corrected chi connectivity index (χ3v) is 6.49. The second-order valence-corrected chi connectivity index (χ2v) is 8.16. The smallest absolute Gasteiger partial charge is 0.340 e. The number of rotatable bonds is 8. The molecule has 2 rings (SSSR count). The fraction of sp³-hybridized carbons (Fsp3) is 0.889. The van der Waals surface area contributed by atoms with Gasteiger partial charge >= 0.3 is 24.3 Å². The molecule has 26 heavy (non-hydrogen) atoms. The molecule has 0 amide bonds. The van der Waals surface area contributed by atoms with Crippen LogP contribution in [0.5, 0.6) is 0 Å². The Labute approximate surface area is 150 Å². The highest BCUT2D eigenvalue weighted by Crippen LogP contribution is 2.66. The van der Waals surface area contributed by atoms with Crippen molar-refractivity contribution in [3.8, 4) is 0 Å². The van der Waals surface area contributed by atoms with Gasteiger partial charge in [-0.05, 0) is 37.0 Å². The van der Waals surface area contributed by atoms with Gasteiger partial charge in [0.1, 0.15) is 6.10 Å². The van der Waals surface area contributed by atoms with E-state index in [9.17, 15) is 27.2 Å². The molecule has 3 atom stereocenters. The van der Waals surface area contributed by atoms with Crippen LogP contribution in [0.4, 0.5) is 17.6 Å². The summed E-state index contributed by atoms with van der Waals surface area (Å²) in [5, 5.41) is 0. The van der Waals surface area contributed by atoms with Crippen molar-refractivity contribution in [2.75, 3.05) is 6.61 Å². The second-order valence-electron chi connectivity index (χ2n) is 8.16. The van der Waals surface area contributed by atoms with Gasteiger partial charge in [0.15, 0.2) is 6.61 Å². The lowest BCUT2D eigenvalue weighted by atomic mass is 9.70. The first kappa shape index (κ1) is 21.0. The minimum absolute atomic E-state index is 0.0436. The molecular formula is C18H26F4O4. The third kappa shape index (κ3) is 3.98. The van der Waals surface area contributed by atoms with Crippen molar-refractivity contribution in [2.45, 2.75) is 77.7 Å². The summed E-state index contributed by atoms with van der Waals surface area (Å²) in [6.07, 6.45) is -1.35. The van der Waals surface area contributed by atoms with Crippen LogP contribution in [0, 0.1) is 16.7 Å². The van der Waals surface area contributed by atoms with E-state index in [4.69, 9.17) is 4.74 Å². The van der Waals surface area contributed by atoms with Crippen LogP contribution in [0.25, 0.3) is 0 Å². The van der Waals surface area contributed by atoms with Gasteiger partial charge in [-0.25, -0.2) is 8.78 Å². The Morgan fingerprint density at radius 2 is 1.77 bits per heavy atom. The molecule has 0 spiro atoms. The SMILES string of the molecule is CC1(C)C2CCC1(C)C(OC(=O)CCCC(=O)OCC(F)(F)C(F)F)C2. The molecule has 2 fully saturated rings. The number of alkyl halides is 4. The van der Waals surface area contributed by atoms with Gasteiger partial charge in [0.05, 0.1) is 0 Å². The first-order valence-electron chi connectivity index (χ1n) is 8.91. The highest BCUT2D eigenvalue weighted by atomic mass is 19.3. The van der Waals surface area contributed by atoms with Crippen LogP contribution in [0.3, 0.4) is 0 Å². The monoisotopic (exact) mass is 382 g/mol. The van der Waals surface area contributed by atoms with Crippen molar-refractivity contribution < 1.29 is 36.6 Å². The lowest BCUT2D eigenvalue weighted by Gasteiger charge is -2.38. The van der Waals surface area contributed by atoms with Gasteiger partial charge in [0.25, 0.3) is 0 Å². The summed E-state index contributed by atoms with van der Waals surface area (Å²) < 4.78 is 59.0. The summed E-state index contributed by atoms with van der Waals surface area (Å²) in [4.78, 5) is 23.3. The van der Waals surface area contributed by atoms with Gasteiger partial charge in [-0.3, -0.25) is 9.59 Å². The maximum atomic E-state index is 12.7. The zero-order valence-corrected chi connectivity index (χ0v) is 15.3. The molecule has 0 saturated heterocycles. The van der Waals surface area contributed by atoms with Crippen LogP contribution in [0.1, 0.15) is 59.3 Å². The molecule has 0 aromatic carbocycles. The van der Waals surface area contributed by atoms with Gasteiger partial charge in [0, 0.05) is 18.3 Å². The van der Waals surface area contributed by atoms with Crippen molar-refractivity contribution >= 4 is 11.9 Å². The standard InChI is InChI=1S/C18H26F4O4/c1-16(2)11-7-8-17(16,3)12(9-11)26-14(24)6-4-5-13(23)25-10-18(21,22)15(19)20/h11-12,15H,4-10H2,1-3H3. The number of halogens is 4. The molecule has 0 aliphatic heterocycles. The molecule has 0 radical (unpaired) electrons. The molecule has 0 heterocycles. The maximum absolute atomic E-state index is 12.7. The topological polar surface area (TPSA) is 52.6 Å². The first-order chi connectivity index (χ1) is 11.9. The molecule has 2 aliphatic rings. The zero-order valence-electron chi connectivity index (χ0n) is 15.3. The van der Waals surface area contributed by atoms with Gasteiger partial charge in [0.2, 0.25) is 0 Å². The van der Waals surface area contributed by atoms with E-state index in [1.54, 1.807) is 0 Å². The van der Waals surface area contributed by atoms with E-state index in [1.807, 2.05) is 0 Å². The Hall–Kier alpha value is -1.34. The quantitative estimate of drug-likeness (QED) is 0.462. The van der Waals surface area contributed by atoms with Gasteiger partial charge < -0.3 is 9.47 Å². The molecule has 2 bridgehead atoms. The van der Waals surface area contributed by atoms with E-state index in [1.165, 1.54) is 0 Å². The minimum atomic E-state index is -4.36. The fourth-order valence-electron chi connectivity index (χ4n) is 4.22. The molecule has 0 aromatic rings. The maximum Gasteiger partial charge on any atom is 0.340 e. The van der Waals surface area contributed by atoms with Crippen molar-refractivity contribution in [1.82, 2.24) is 0 Å². The molecule has 2 aliphatic carbocycles. The third-order valence-electron chi connectivity index (χ3n) is 6.49. The van der Waals surface area contributed by atoms with Gasteiger partial charge in [-0.2, -0.15) is 8.78 Å². The van der Waals surface area contributed by atoms with Gasteiger partial charge in [-0.1, -0.05) is 20.8 Å². The highest BCUT2D eigenvalue weighted by molar-refractivity contribution is 5.72. The number of ether oxygens (including phenoxy) is 2. The van der Waals surface area contributed by atoms with Crippen molar-refractivity contribution in [2.24, 2.45) is 16.7 Å². The van der Waals surface area contributed by atoms with Crippen molar-refractivity contribution in [3.05, 3.63) is 0 Å². The molecule has 2 saturated carbocycles. The zero-order chi connectivity index (χ0) is 19.8. The predicted molar refractivity (Wildman–Crippen MR) is 84.9 cm³/mol. The largest absolute Gasteiger partial charge is 0.462 e. The Morgan fingerprint density at radius 3 is 2.27 bits per heavy atom. The molecule has 3 unspecified atom stereocenters. The van der Waals surface area contributed by atoms with E-state index < -0.39 is 30.9 Å². The number of esters is 2. The van der Waals surface area contributed by atoms with Crippen LogP contribution in [-0.4, -0.2) is 37.0 Å². The average Bonchev–Trinajstić information content (AvgIpc) is 2.86. The first-order valence-corrected chi connectivity index (χ1v) is 8.91. The lowest BCUT2D eigenvalue weighted by molar-refractivity contribution is -0.179. The number of hydrogen-bond donors (Lipinski definition) is 0.